The van der Waals surface area contributed by atoms with Crippen LogP contribution in [0.25, 0.3) is 0 Å². The maximum Gasteiger partial charge on any atom is 0.456 e. The Hall–Kier alpha value is -0.0151. The molecule has 0 N–H and O–H groups in total. The summed E-state index contributed by atoms with van der Waals surface area (Å²) >= 11 is 0. The highest BCUT2D eigenvalue weighted by molar-refractivity contribution is 6.44. The van der Waals surface area contributed by atoms with E-state index in [1.54, 1.807) is 0 Å². The van der Waals surface area contributed by atoms with Gasteiger partial charge in [0, 0.05) is 13.2 Å². The molecule has 0 spiro atoms. The third-order valence-corrected chi connectivity index (χ3v) is 1.74. The van der Waals surface area contributed by atoms with Gasteiger partial charge in [0.2, 0.25) is 0 Å². The van der Waals surface area contributed by atoms with Gasteiger partial charge in [0.1, 0.15) is 0 Å². The Kier molecular flexibility index (Phi) is 5.90. The topological polar surface area (TPSA) is 18.5 Å². The Morgan fingerprint density at radius 3 is 1.33 bits per heavy atom. The summed E-state index contributed by atoms with van der Waals surface area (Å²) in [5.74, 6) is 0. The van der Waals surface area contributed by atoms with Crippen molar-refractivity contribution in [3.05, 3.63) is 0 Å². The Morgan fingerprint density at radius 1 is 0.800 bits per heavy atom. The van der Waals surface area contributed by atoms with Crippen LogP contribution in [-0.2, 0) is 9.31 Å². The van der Waals surface area contributed by atoms with Crippen LogP contribution in [0, 0.1) is 10.8 Å². The van der Waals surface area contributed by atoms with E-state index in [1.165, 1.54) is 0 Å². The summed E-state index contributed by atoms with van der Waals surface area (Å²) in [6.45, 7) is 16.6. The van der Waals surface area contributed by atoms with Crippen molar-refractivity contribution in [1.29, 1.82) is 0 Å². The summed E-state index contributed by atoms with van der Waals surface area (Å²) in [6.07, 6.45) is 0.909. The van der Waals surface area contributed by atoms with Gasteiger partial charge in [-0.1, -0.05) is 48.5 Å². The van der Waals surface area contributed by atoms with Crippen molar-refractivity contribution in [2.24, 2.45) is 10.8 Å². The minimum absolute atomic E-state index is 0.0524. The molecule has 2 nitrogen and oxygen atoms in total. The van der Waals surface area contributed by atoms with Crippen LogP contribution in [-0.4, -0.2) is 20.3 Å². The highest BCUT2D eigenvalue weighted by atomic mass is 16.6. The molecule has 0 fully saturated rings. The molecular formula is C12H27BO2. The third kappa shape index (κ3) is 10.3. The normalized spacial score (nSPS) is 13.0. The Labute approximate surface area is 95.9 Å². The molecule has 0 aliphatic carbocycles. The summed E-state index contributed by atoms with van der Waals surface area (Å²) in [5, 5.41) is 0. The van der Waals surface area contributed by atoms with Crippen molar-refractivity contribution in [1.82, 2.24) is 0 Å². The second-order valence-electron chi connectivity index (χ2n) is 6.58. The first-order chi connectivity index (χ1) is 6.64. The highest BCUT2D eigenvalue weighted by Crippen LogP contribution is 2.17. The maximum absolute atomic E-state index is 5.73. The lowest BCUT2D eigenvalue weighted by atomic mass is 9.84. The van der Waals surface area contributed by atoms with Crippen LogP contribution >= 0.6 is 0 Å². The quantitative estimate of drug-likeness (QED) is 0.650. The van der Waals surface area contributed by atoms with Crippen molar-refractivity contribution in [3.8, 4) is 0 Å². The van der Waals surface area contributed by atoms with Gasteiger partial charge in [0.25, 0.3) is 0 Å². The maximum atomic E-state index is 5.73. The van der Waals surface area contributed by atoms with Crippen LogP contribution in [0.5, 0.6) is 0 Å². The van der Waals surface area contributed by atoms with Gasteiger partial charge in [-0.15, -0.1) is 0 Å². The predicted octanol–water partition coefficient (Wildman–Crippen LogP) is 3.62. The van der Waals surface area contributed by atoms with Gasteiger partial charge >= 0.3 is 7.12 Å². The summed E-state index contributed by atoms with van der Waals surface area (Å²) in [7, 11) is -0.0524. The second kappa shape index (κ2) is 5.90. The van der Waals surface area contributed by atoms with Gasteiger partial charge in [-0.05, 0) is 17.2 Å². The molecule has 0 saturated carbocycles. The Bertz CT molecular complexity index is 149. The van der Waals surface area contributed by atoms with E-state index in [1.807, 2.05) is 0 Å². The molecule has 0 atom stereocenters. The molecule has 0 amide bonds. The number of rotatable bonds is 5. The van der Waals surface area contributed by atoms with E-state index in [4.69, 9.17) is 9.31 Å². The summed E-state index contributed by atoms with van der Waals surface area (Å²) < 4.78 is 11.5. The SMILES string of the molecule is CCB(OCC(C)(C)C)OCC(C)(C)C. The molecule has 90 valence electrons. The predicted molar refractivity (Wildman–Crippen MR) is 67.0 cm³/mol. The first-order valence-electron chi connectivity index (χ1n) is 5.87. The van der Waals surface area contributed by atoms with Gasteiger partial charge in [0.15, 0.2) is 0 Å². The zero-order valence-electron chi connectivity index (χ0n) is 11.5. The average molecular weight is 214 g/mol. The van der Waals surface area contributed by atoms with E-state index in [0.29, 0.717) is 0 Å². The number of hydrogen-bond donors (Lipinski definition) is 0. The van der Waals surface area contributed by atoms with Crippen LogP contribution < -0.4 is 0 Å². The molecule has 15 heavy (non-hydrogen) atoms. The molecule has 0 aromatic carbocycles. The zero-order valence-corrected chi connectivity index (χ0v) is 11.5. The molecule has 0 rings (SSSR count). The fraction of sp³-hybridized carbons (Fsp3) is 1.00. The monoisotopic (exact) mass is 214 g/mol. The van der Waals surface area contributed by atoms with Crippen LogP contribution in [0.4, 0.5) is 0 Å². The van der Waals surface area contributed by atoms with Gasteiger partial charge < -0.3 is 9.31 Å². The van der Waals surface area contributed by atoms with Crippen molar-refractivity contribution in [3.63, 3.8) is 0 Å². The van der Waals surface area contributed by atoms with E-state index in [2.05, 4.69) is 48.5 Å². The molecule has 0 saturated heterocycles. The Balaban J connectivity index is 3.84. The molecule has 0 unspecified atom stereocenters. The lowest BCUT2D eigenvalue weighted by molar-refractivity contribution is 0.113. The Morgan fingerprint density at radius 2 is 1.13 bits per heavy atom. The molecular weight excluding hydrogens is 187 g/mol. The van der Waals surface area contributed by atoms with Crippen LogP contribution in [0.1, 0.15) is 48.5 Å². The summed E-state index contributed by atoms with van der Waals surface area (Å²) in [6, 6.07) is 0. The molecule has 0 aromatic heterocycles. The molecule has 0 aliphatic rings. The van der Waals surface area contributed by atoms with E-state index in [-0.39, 0.29) is 17.9 Å². The van der Waals surface area contributed by atoms with Crippen molar-refractivity contribution in [2.45, 2.75) is 54.8 Å². The molecule has 0 aliphatic heterocycles. The smallest absolute Gasteiger partial charge is 0.411 e. The van der Waals surface area contributed by atoms with Crippen LogP contribution in [0.3, 0.4) is 0 Å². The lowest BCUT2D eigenvalue weighted by Gasteiger charge is -2.24. The summed E-state index contributed by atoms with van der Waals surface area (Å²) in [5.41, 5.74) is 0.414. The molecule has 0 radical (unpaired) electrons. The average Bonchev–Trinajstić information content (AvgIpc) is 2.00. The standard InChI is InChI=1S/C12H27BO2/c1-8-13(14-9-11(2,3)4)15-10-12(5,6)7/h8-10H2,1-7H3. The van der Waals surface area contributed by atoms with Gasteiger partial charge in [-0.3, -0.25) is 0 Å². The molecule has 0 bridgehead atoms. The van der Waals surface area contributed by atoms with Gasteiger partial charge in [-0.25, -0.2) is 0 Å². The van der Waals surface area contributed by atoms with Crippen LogP contribution in [0.2, 0.25) is 6.32 Å². The third-order valence-electron chi connectivity index (χ3n) is 1.74. The van der Waals surface area contributed by atoms with Crippen molar-refractivity contribution < 1.29 is 9.31 Å². The minimum Gasteiger partial charge on any atom is -0.411 e. The van der Waals surface area contributed by atoms with Crippen molar-refractivity contribution in [2.75, 3.05) is 13.2 Å². The largest absolute Gasteiger partial charge is 0.456 e. The number of hydrogen-bond acceptors (Lipinski definition) is 2. The van der Waals surface area contributed by atoms with E-state index >= 15 is 0 Å². The fourth-order valence-electron chi connectivity index (χ4n) is 0.970. The zero-order chi connectivity index (χ0) is 12.1. The first-order valence-corrected chi connectivity index (χ1v) is 5.87. The minimum atomic E-state index is -0.0524. The fourth-order valence-corrected chi connectivity index (χ4v) is 0.970. The highest BCUT2D eigenvalue weighted by Gasteiger charge is 2.22. The van der Waals surface area contributed by atoms with E-state index in [9.17, 15) is 0 Å². The van der Waals surface area contributed by atoms with Crippen LogP contribution in [0.15, 0.2) is 0 Å². The molecule has 0 aromatic rings. The molecule has 0 heterocycles. The van der Waals surface area contributed by atoms with E-state index in [0.717, 1.165) is 19.5 Å². The lowest BCUT2D eigenvalue weighted by Crippen LogP contribution is -2.30. The van der Waals surface area contributed by atoms with Crippen molar-refractivity contribution >= 4 is 7.12 Å². The molecule has 3 heteroatoms. The van der Waals surface area contributed by atoms with Gasteiger partial charge in [-0.2, -0.15) is 0 Å². The van der Waals surface area contributed by atoms with Gasteiger partial charge in [0.05, 0.1) is 0 Å². The summed E-state index contributed by atoms with van der Waals surface area (Å²) in [4.78, 5) is 0. The van der Waals surface area contributed by atoms with E-state index < -0.39 is 0 Å². The second-order valence-corrected chi connectivity index (χ2v) is 6.58. The first kappa shape index (κ1) is 15.0.